The van der Waals surface area contributed by atoms with Gasteiger partial charge in [-0.25, -0.2) is 4.79 Å². The van der Waals surface area contributed by atoms with E-state index in [1.807, 2.05) is 48.5 Å². The van der Waals surface area contributed by atoms with Crippen LogP contribution in [0.2, 0.25) is 0 Å². The lowest BCUT2D eigenvalue weighted by Crippen LogP contribution is -2.30. The number of carbonyl (C=O) groups excluding carboxylic acids is 1. The van der Waals surface area contributed by atoms with E-state index >= 15 is 0 Å². The van der Waals surface area contributed by atoms with Crippen molar-refractivity contribution in [2.24, 2.45) is 0 Å². The lowest BCUT2D eigenvalue weighted by Gasteiger charge is -2.25. The van der Waals surface area contributed by atoms with Gasteiger partial charge in [0.15, 0.2) is 5.11 Å². The number of furan rings is 1. The van der Waals surface area contributed by atoms with Gasteiger partial charge in [0.2, 0.25) is 0 Å². The second-order valence-corrected chi connectivity index (χ2v) is 7.80. The fourth-order valence-corrected chi connectivity index (χ4v) is 4.26. The third-order valence-electron chi connectivity index (χ3n) is 5.47. The van der Waals surface area contributed by atoms with Gasteiger partial charge in [0.05, 0.1) is 24.4 Å². The van der Waals surface area contributed by atoms with Gasteiger partial charge in [-0.3, -0.25) is 4.98 Å². The summed E-state index contributed by atoms with van der Waals surface area (Å²) in [7, 11) is 1.38. The van der Waals surface area contributed by atoms with Crippen molar-refractivity contribution in [3.8, 4) is 11.3 Å². The van der Waals surface area contributed by atoms with E-state index in [1.54, 1.807) is 12.3 Å². The van der Waals surface area contributed by atoms with Crippen LogP contribution in [0, 0.1) is 0 Å². The number of esters is 1. The van der Waals surface area contributed by atoms with Crippen molar-refractivity contribution in [3.05, 3.63) is 77.8 Å². The topological polar surface area (TPSA) is 67.6 Å². The quantitative estimate of drug-likeness (QED) is 0.418. The maximum absolute atomic E-state index is 12.2. The van der Waals surface area contributed by atoms with Crippen molar-refractivity contribution in [2.75, 3.05) is 13.7 Å². The number of hydrogen-bond acceptors (Lipinski definition) is 5. The first kappa shape index (κ1) is 21.1. The normalized spacial score (nSPS) is 18.1. The maximum Gasteiger partial charge on any atom is 0.338 e. The molecule has 0 aliphatic carbocycles. The number of ether oxygens (including phenoxy) is 1. The molecule has 6 nitrogen and oxygen atoms in total. The lowest BCUT2D eigenvalue weighted by molar-refractivity contribution is 0.0601. The Labute approximate surface area is 187 Å². The first-order valence-electron chi connectivity index (χ1n) is 10.4. The van der Waals surface area contributed by atoms with Gasteiger partial charge in [-0.2, -0.15) is 0 Å². The number of nitrogens with zero attached hydrogens (tertiary/aromatic N) is 2. The lowest BCUT2D eigenvalue weighted by atomic mass is 10.0. The molecule has 3 aromatic rings. The van der Waals surface area contributed by atoms with Crippen LogP contribution < -0.4 is 5.32 Å². The highest BCUT2D eigenvalue weighted by Gasteiger charge is 2.41. The number of benzene rings is 1. The summed E-state index contributed by atoms with van der Waals surface area (Å²) in [5, 5.41) is 4.12. The summed E-state index contributed by atoms with van der Waals surface area (Å²) >= 11 is 5.66. The zero-order chi connectivity index (χ0) is 21.8. The van der Waals surface area contributed by atoms with Gasteiger partial charge >= 0.3 is 5.97 Å². The van der Waals surface area contributed by atoms with E-state index < -0.39 is 5.97 Å². The number of pyridine rings is 1. The molecule has 160 valence electrons. The molecule has 0 spiro atoms. The zero-order valence-corrected chi connectivity index (χ0v) is 18.4. The second kappa shape index (κ2) is 9.31. The smallest absolute Gasteiger partial charge is 0.338 e. The monoisotopic (exact) mass is 435 g/mol. The highest BCUT2D eigenvalue weighted by Crippen LogP contribution is 2.40. The van der Waals surface area contributed by atoms with E-state index in [1.165, 1.54) is 7.11 Å². The van der Waals surface area contributed by atoms with Gasteiger partial charge in [-0.15, -0.1) is 0 Å². The first-order valence-corrected chi connectivity index (χ1v) is 10.8. The molecule has 1 N–H and O–H groups in total. The van der Waals surface area contributed by atoms with Crippen LogP contribution in [0.15, 0.2) is 65.2 Å². The minimum absolute atomic E-state index is 0.125. The van der Waals surface area contributed by atoms with Crippen molar-refractivity contribution in [2.45, 2.75) is 31.8 Å². The first-order chi connectivity index (χ1) is 15.1. The van der Waals surface area contributed by atoms with Gasteiger partial charge in [0.1, 0.15) is 17.6 Å². The Kier molecular flexibility index (Phi) is 6.32. The molecule has 0 bridgehead atoms. The standard InChI is InChI=1S/C24H25N3O3S/c1-3-4-15-27-22(21(26-24(27)31)18-11-7-8-14-25-18)20-13-12-19(30-20)16-9-5-6-10-17(16)23(28)29-2/h5-14,21-22H,3-4,15H2,1-2H3,(H,26,31). The van der Waals surface area contributed by atoms with Crippen LogP contribution in [-0.2, 0) is 4.74 Å². The molecule has 1 aliphatic rings. The summed E-state index contributed by atoms with van der Waals surface area (Å²) in [6.07, 6.45) is 3.87. The summed E-state index contributed by atoms with van der Waals surface area (Å²) in [4.78, 5) is 18.9. The Balaban J connectivity index is 1.73. The summed E-state index contributed by atoms with van der Waals surface area (Å²) < 4.78 is 11.3. The number of rotatable bonds is 7. The Morgan fingerprint density at radius 1 is 1.19 bits per heavy atom. The molecule has 2 atom stereocenters. The molecule has 3 heterocycles. The predicted molar refractivity (Wildman–Crippen MR) is 123 cm³/mol. The van der Waals surface area contributed by atoms with Crippen LogP contribution in [0.25, 0.3) is 11.3 Å². The van der Waals surface area contributed by atoms with Crippen molar-refractivity contribution < 1.29 is 13.9 Å². The SMILES string of the molecule is CCCCN1C(=S)NC(c2ccccn2)C1c1ccc(-c2ccccc2C(=O)OC)o1. The van der Waals surface area contributed by atoms with E-state index in [9.17, 15) is 4.79 Å². The highest BCUT2D eigenvalue weighted by molar-refractivity contribution is 7.80. The van der Waals surface area contributed by atoms with Gasteiger partial charge in [-0.1, -0.05) is 37.6 Å². The van der Waals surface area contributed by atoms with Gasteiger partial charge in [-0.05, 0) is 49.0 Å². The number of unbranched alkanes of at least 4 members (excludes halogenated alkanes) is 1. The molecule has 7 heteroatoms. The number of thiocarbonyl (C=S) groups is 1. The van der Waals surface area contributed by atoms with Crippen LogP contribution in [0.1, 0.15) is 53.7 Å². The summed E-state index contributed by atoms with van der Waals surface area (Å²) in [6.45, 7) is 2.98. The van der Waals surface area contributed by atoms with Crippen LogP contribution in [0.5, 0.6) is 0 Å². The van der Waals surface area contributed by atoms with E-state index in [2.05, 4.69) is 22.1 Å². The van der Waals surface area contributed by atoms with Gasteiger partial charge in [0.25, 0.3) is 0 Å². The fourth-order valence-electron chi connectivity index (χ4n) is 3.93. The Hall–Kier alpha value is -3.19. The molecule has 0 saturated carbocycles. The molecule has 31 heavy (non-hydrogen) atoms. The minimum Gasteiger partial charge on any atom is -0.465 e. The Morgan fingerprint density at radius 2 is 2.00 bits per heavy atom. The van der Waals surface area contributed by atoms with E-state index in [0.717, 1.165) is 30.8 Å². The van der Waals surface area contributed by atoms with Crippen LogP contribution in [0.4, 0.5) is 0 Å². The van der Waals surface area contributed by atoms with Gasteiger partial charge < -0.3 is 19.4 Å². The predicted octanol–water partition coefficient (Wildman–Crippen LogP) is 4.90. The molecule has 2 unspecified atom stereocenters. The molecule has 0 radical (unpaired) electrons. The number of hydrogen-bond donors (Lipinski definition) is 1. The third kappa shape index (κ3) is 4.18. The van der Waals surface area contributed by atoms with Crippen molar-refractivity contribution in [1.82, 2.24) is 15.2 Å². The fraction of sp³-hybridized carbons (Fsp3) is 0.292. The van der Waals surface area contributed by atoms with E-state index in [4.69, 9.17) is 21.4 Å². The van der Waals surface area contributed by atoms with Crippen LogP contribution in [0.3, 0.4) is 0 Å². The van der Waals surface area contributed by atoms with E-state index in [-0.39, 0.29) is 12.1 Å². The summed E-state index contributed by atoms with van der Waals surface area (Å²) in [6, 6.07) is 16.7. The Bertz CT molecular complexity index is 1070. The summed E-state index contributed by atoms with van der Waals surface area (Å²) in [5.74, 6) is 0.992. The Morgan fingerprint density at radius 3 is 2.74 bits per heavy atom. The molecular weight excluding hydrogens is 410 g/mol. The molecule has 1 aliphatic heterocycles. The minimum atomic E-state index is -0.395. The van der Waals surface area contributed by atoms with Crippen LogP contribution in [-0.4, -0.2) is 34.6 Å². The van der Waals surface area contributed by atoms with Crippen molar-refractivity contribution in [3.63, 3.8) is 0 Å². The number of aromatic nitrogens is 1. The molecule has 1 fully saturated rings. The van der Waals surface area contributed by atoms with Crippen LogP contribution >= 0.6 is 12.2 Å². The van der Waals surface area contributed by atoms with Gasteiger partial charge in [0, 0.05) is 18.3 Å². The molecular formula is C24H25N3O3S. The number of methoxy groups -OCH3 is 1. The second-order valence-electron chi connectivity index (χ2n) is 7.41. The molecule has 0 amide bonds. The molecule has 1 saturated heterocycles. The summed E-state index contributed by atoms with van der Waals surface area (Å²) in [5.41, 5.74) is 2.07. The molecule has 4 rings (SSSR count). The zero-order valence-electron chi connectivity index (χ0n) is 17.6. The highest BCUT2D eigenvalue weighted by atomic mass is 32.1. The maximum atomic E-state index is 12.2. The molecule has 1 aromatic carbocycles. The van der Waals surface area contributed by atoms with Crippen molar-refractivity contribution in [1.29, 1.82) is 0 Å². The molecule has 2 aromatic heterocycles. The third-order valence-corrected chi connectivity index (χ3v) is 5.82. The largest absolute Gasteiger partial charge is 0.465 e. The van der Waals surface area contributed by atoms with E-state index in [0.29, 0.717) is 22.0 Å². The number of carbonyl (C=O) groups is 1. The number of nitrogens with one attached hydrogen (secondary N) is 1. The average molecular weight is 436 g/mol. The van der Waals surface area contributed by atoms with Crippen molar-refractivity contribution >= 4 is 23.3 Å². The average Bonchev–Trinajstić information content (AvgIpc) is 3.42.